The molecule has 1 N–H and O–H groups in total. The van der Waals surface area contributed by atoms with Crippen LogP contribution in [0.15, 0.2) is 24.3 Å². The van der Waals surface area contributed by atoms with Crippen LogP contribution in [-0.2, 0) is 14.3 Å². The van der Waals surface area contributed by atoms with Crippen molar-refractivity contribution in [2.45, 2.75) is 51.3 Å². The highest BCUT2D eigenvalue weighted by molar-refractivity contribution is 6.23. The van der Waals surface area contributed by atoms with Gasteiger partial charge in [0.25, 0.3) is 17.7 Å². The zero-order valence-electron chi connectivity index (χ0n) is 17.6. The number of nitrogens with one attached hydrogen (secondary N) is 1. The number of nitrogens with zero attached hydrogens (tertiary/aromatic N) is 3. The van der Waals surface area contributed by atoms with E-state index in [0.717, 1.165) is 9.91 Å². The fourth-order valence-corrected chi connectivity index (χ4v) is 4.10. The molecule has 0 spiro atoms. The van der Waals surface area contributed by atoms with E-state index >= 15 is 0 Å². The topological polar surface area (TPSA) is 116 Å². The van der Waals surface area contributed by atoms with Crippen molar-refractivity contribution < 1.29 is 28.7 Å². The third kappa shape index (κ3) is 3.51. The highest BCUT2D eigenvalue weighted by Crippen LogP contribution is 2.29. The molecule has 1 unspecified atom stereocenters. The zero-order chi connectivity index (χ0) is 22.5. The van der Waals surface area contributed by atoms with Gasteiger partial charge in [-0.2, -0.15) is 0 Å². The van der Waals surface area contributed by atoms with Crippen molar-refractivity contribution >= 4 is 29.7 Å². The van der Waals surface area contributed by atoms with Crippen LogP contribution in [-0.4, -0.2) is 75.4 Å². The molecule has 3 aliphatic heterocycles. The van der Waals surface area contributed by atoms with Gasteiger partial charge in [0.2, 0.25) is 0 Å². The summed E-state index contributed by atoms with van der Waals surface area (Å²) >= 11 is 0. The Labute approximate surface area is 179 Å². The molecule has 31 heavy (non-hydrogen) atoms. The molecule has 0 radical (unpaired) electrons. The summed E-state index contributed by atoms with van der Waals surface area (Å²) in [7, 11) is 0. The number of hydrazine groups is 1. The molecular weight excluding hydrogens is 404 g/mol. The Bertz CT molecular complexity index is 949. The number of rotatable bonds is 2. The van der Waals surface area contributed by atoms with E-state index in [2.05, 4.69) is 5.32 Å². The lowest BCUT2D eigenvalue weighted by atomic mass is 10.1. The van der Waals surface area contributed by atoms with Crippen LogP contribution in [0.2, 0.25) is 0 Å². The summed E-state index contributed by atoms with van der Waals surface area (Å²) in [6, 6.07) is 3.44. The van der Waals surface area contributed by atoms with E-state index in [-0.39, 0.29) is 24.2 Å². The van der Waals surface area contributed by atoms with Crippen LogP contribution in [0.4, 0.5) is 4.79 Å². The molecule has 0 aliphatic carbocycles. The SMILES string of the molecule is CC(C)(C)OC(=O)[C@@H]1CCCN2C(=O)NCC(N3C(=O)c4ccccc4C3=O)C(=O)N12. The second-order valence-corrected chi connectivity index (χ2v) is 8.73. The van der Waals surface area contributed by atoms with Crippen LogP contribution >= 0.6 is 0 Å². The number of imide groups is 1. The smallest absolute Gasteiger partial charge is 0.336 e. The zero-order valence-corrected chi connectivity index (χ0v) is 17.6. The highest BCUT2D eigenvalue weighted by atomic mass is 16.6. The summed E-state index contributed by atoms with van der Waals surface area (Å²) in [5.41, 5.74) is -0.372. The number of urea groups is 1. The Kier molecular flexibility index (Phi) is 4.95. The summed E-state index contributed by atoms with van der Waals surface area (Å²) < 4.78 is 5.47. The van der Waals surface area contributed by atoms with E-state index in [4.69, 9.17) is 4.74 Å². The number of benzene rings is 1. The minimum absolute atomic E-state index is 0.204. The first-order valence-corrected chi connectivity index (χ1v) is 10.2. The maximum atomic E-state index is 13.6. The molecule has 3 heterocycles. The summed E-state index contributed by atoms with van der Waals surface area (Å²) in [4.78, 5) is 65.8. The minimum atomic E-state index is -1.27. The molecular formula is C21H24N4O6. The van der Waals surface area contributed by atoms with Crippen molar-refractivity contribution in [1.29, 1.82) is 0 Å². The Hall–Kier alpha value is -3.43. The Morgan fingerprint density at radius 3 is 2.26 bits per heavy atom. The largest absolute Gasteiger partial charge is 0.458 e. The van der Waals surface area contributed by atoms with E-state index in [9.17, 15) is 24.0 Å². The molecule has 0 saturated carbocycles. The van der Waals surface area contributed by atoms with Crippen molar-refractivity contribution in [3.8, 4) is 0 Å². The lowest BCUT2D eigenvalue weighted by Gasteiger charge is -2.42. The number of fused-ring (bicyclic) bond motifs is 2. The van der Waals surface area contributed by atoms with Crippen molar-refractivity contribution in [3.63, 3.8) is 0 Å². The number of carbonyl (C=O) groups is 5. The van der Waals surface area contributed by atoms with Gasteiger partial charge in [-0.1, -0.05) is 12.1 Å². The maximum Gasteiger partial charge on any atom is 0.336 e. The monoisotopic (exact) mass is 428 g/mol. The third-order valence-corrected chi connectivity index (χ3v) is 5.41. The van der Waals surface area contributed by atoms with Crippen LogP contribution in [0.3, 0.4) is 0 Å². The van der Waals surface area contributed by atoms with Gasteiger partial charge in [0, 0.05) is 13.1 Å². The number of hydrogen-bond donors (Lipinski definition) is 1. The molecule has 3 aliphatic rings. The maximum absolute atomic E-state index is 13.6. The van der Waals surface area contributed by atoms with Gasteiger partial charge in [0.05, 0.1) is 11.1 Å². The van der Waals surface area contributed by atoms with Crippen LogP contribution in [0.5, 0.6) is 0 Å². The van der Waals surface area contributed by atoms with Crippen LogP contribution in [0, 0.1) is 0 Å². The molecule has 0 aromatic heterocycles. The van der Waals surface area contributed by atoms with Gasteiger partial charge >= 0.3 is 12.0 Å². The number of hydrogen-bond acceptors (Lipinski definition) is 6. The molecule has 1 aromatic carbocycles. The summed E-state index contributed by atoms with van der Waals surface area (Å²) in [6.45, 7) is 5.13. The third-order valence-electron chi connectivity index (χ3n) is 5.41. The predicted molar refractivity (Wildman–Crippen MR) is 107 cm³/mol. The molecule has 4 rings (SSSR count). The van der Waals surface area contributed by atoms with Gasteiger partial charge in [0.1, 0.15) is 11.6 Å². The number of ether oxygens (including phenoxy) is 1. The van der Waals surface area contributed by atoms with Crippen molar-refractivity contribution in [2.24, 2.45) is 0 Å². The van der Waals surface area contributed by atoms with Crippen molar-refractivity contribution in [3.05, 3.63) is 35.4 Å². The lowest BCUT2D eigenvalue weighted by molar-refractivity contribution is -0.179. The van der Waals surface area contributed by atoms with Gasteiger partial charge in [-0.15, -0.1) is 0 Å². The van der Waals surface area contributed by atoms with Crippen LogP contribution in [0.1, 0.15) is 54.3 Å². The minimum Gasteiger partial charge on any atom is -0.458 e. The van der Waals surface area contributed by atoms with Gasteiger partial charge < -0.3 is 10.1 Å². The number of amides is 5. The standard InChI is InChI=1S/C21H24N4O6/c1-21(2,3)31-19(29)14-9-6-10-23-20(30)22-11-15(18(28)25(14)23)24-16(26)12-7-4-5-8-13(12)17(24)27/h4-5,7-8,14-15H,6,9-11H2,1-3H3,(H,22,30)/t14-,15?/m0/s1. The molecule has 164 valence electrons. The van der Waals surface area contributed by atoms with Gasteiger partial charge in [-0.25, -0.2) is 19.6 Å². The number of carbonyl (C=O) groups excluding carboxylic acids is 5. The van der Waals surface area contributed by atoms with E-state index in [0.29, 0.717) is 12.8 Å². The van der Waals surface area contributed by atoms with Gasteiger partial charge in [-0.05, 0) is 45.7 Å². The molecule has 2 saturated heterocycles. The van der Waals surface area contributed by atoms with Crippen LogP contribution in [0.25, 0.3) is 0 Å². The molecule has 0 bridgehead atoms. The van der Waals surface area contributed by atoms with Crippen molar-refractivity contribution in [2.75, 3.05) is 13.1 Å². The summed E-state index contributed by atoms with van der Waals surface area (Å²) in [5, 5.41) is 4.83. The summed E-state index contributed by atoms with van der Waals surface area (Å²) in [6.07, 6.45) is 0.804. The van der Waals surface area contributed by atoms with Gasteiger partial charge in [-0.3, -0.25) is 19.3 Å². The molecule has 10 nitrogen and oxygen atoms in total. The van der Waals surface area contributed by atoms with E-state index in [1.807, 2.05) is 0 Å². The van der Waals surface area contributed by atoms with Gasteiger partial charge in [0.15, 0.2) is 6.04 Å². The first-order chi connectivity index (χ1) is 14.6. The Morgan fingerprint density at radius 1 is 1.06 bits per heavy atom. The first-order valence-electron chi connectivity index (χ1n) is 10.2. The van der Waals surface area contributed by atoms with Crippen molar-refractivity contribution in [1.82, 2.24) is 20.2 Å². The average molecular weight is 428 g/mol. The quantitative estimate of drug-likeness (QED) is 0.553. The molecule has 1 aromatic rings. The Balaban J connectivity index is 1.69. The normalized spacial score (nSPS) is 23.9. The highest BCUT2D eigenvalue weighted by Gasteiger charge is 2.51. The average Bonchev–Trinajstić information content (AvgIpc) is 2.89. The summed E-state index contributed by atoms with van der Waals surface area (Å²) in [5.74, 6) is -2.52. The first kappa shape index (κ1) is 20.8. The van der Waals surface area contributed by atoms with E-state index in [1.54, 1.807) is 32.9 Å². The van der Waals surface area contributed by atoms with E-state index < -0.39 is 47.4 Å². The van der Waals surface area contributed by atoms with E-state index in [1.165, 1.54) is 17.1 Å². The lowest BCUT2D eigenvalue weighted by Crippen LogP contribution is -2.63. The predicted octanol–water partition coefficient (Wildman–Crippen LogP) is 0.924. The molecule has 2 fully saturated rings. The fourth-order valence-electron chi connectivity index (χ4n) is 4.10. The molecule has 10 heteroatoms. The molecule has 2 atom stereocenters. The second kappa shape index (κ2) is 7.36. The molecule has 5 amide bonds. The second-order valence-electron chi connectivity index (χ2n) is 8.73. The van der Waals surface area contributed by atoms with Crippen LogP contribution < -0.4 is 5.32 Å². The number of esters is 1. The Morgan fingerprint density at radius 2 is 1.68 bits per heavy atom. The fraction of sp³-hybridized carbons (Fsp3) is 0.476.